The van der Waals surface area contributed by atoms with Crippen molar-refractivity contribution in [3.63, 3.8) is 0 Å². The number of para-hydroxylation sites is 2. The Morgan fingerprint density at radius 3 is 1.78 bits per heavy atom. The summed E-state index contributed by atoms with van der Waals surface area (Å²) in [6, 6.07) is 70.2. The Morgan fingerprint density at radius 2 is 1.02 bits per heavy atom. The maximum Gasteiger partial charge on any atom is 0.171 e. The van der Waals surface area contributed by atoms with Gasteiger partial charge in [-0.05, 0) is 83.6 Å². The van der Waals surface area contributed by atoms with E-state index in [1.54, 1.807) is 0 Å². The fraction of sp³-hybridized carbons (Fsp3) is 0.0370. The molecule has 0 amide bonds. The maximum atomic E-state index is 15.1. The van der Waals surface area contributed by atoms with Crippen LogP contribution < -0.4 is 15.9 Å². The maximum absolute atomic E-state index is 15.1. The molecule has 0 saturated heterocycles. The molecule has 0 fully saturated rings. The van der Waals surface area contributed by atoms with Crippen molar-refractivity contribution in [2.75, 3.05) is 0 Å². The zero-order valence-corrected chi connectivity index (χ0v) is 32.8. The molecule has 1 aliphatic carbocycles. The van der Waals surface area contributed by atoms with Gasteiger partial charge in [0.2, 0.25) is 0 Å². The van der Waals surface area contributed by atoms with Crippen molar-refractivity contribution in [1.29, 1.82) is 0 Å². The summed E-state index contributed by atoms with van der Waals surface area (Å²) in [5, 5.41) is 6.18. The summed E-state index contributed by atoms with van der Waals surface area (Å²) in [6.45, 7) is 0. The molecule has 0 radical (unpaired) electrons. The van der Waals surface area contributed by atoms with E-state index in [9.17, 15) is 0 Å². The summed E-state index contributed by atoms with van der Waals surface area (Å²) in [4.78, 5) is 0. The zero-order chi connectivity index (χ0) is 38.6. The van der Waals surface area contributed by atoms with Gasteiger partial charge >= 0.3 is 0 Å². The predicted molar refractivity (Wildman–Crippen MR) is 245 cm³/mol. The third-order valence-electron chi connectivity index (χ3n) is 11.9. The van der Waals surface area contributed by atoms with Gasteiger partial charge in [-0.3, -0.25) is 0 Å². The lowest BCUT2D eigenvalue weighted by molar-refractivity contribution is 0.592. The summed E-state index contributed by atoms with van der Waals surface area (Å²) in [6.07, 6.45) is 6.71. The van der Waals surface area contributed by atoms with Crippen molar-refractivity contribution < 1.29 is 4.57 Å². The van der Waals surface area contributed by atoms with Crippen molar-refractivity contribution in [3.8, 4) is 33.6 Å². The van der Waals surface area contributed by atoms with Crippen molar-refractivity contribution in [2.45, 2.75) is 12.8 Å². The summed E-state index contributed by atoms with van der Waals surface area (Å²) in [7, 11) is -3.08. The van der Waals surface area contributed by atoms with E-state index >= 15 is 4.57 Å². The SMILES string of the molecule is O=P(c1ccccc1)(c1ccccc1)c1ccc(-c2cccc3c2c2ccccc2n3-c2cccc(-c3ccc4c(c3)c3c(n4-c4ccccc4)CCC=C3)c2)cc1. The minimum Gasteiger partial charge on any atom is -0.313 e. The number of fused-ring (bicyclic) bond motifs is 6. The van der Waals surface area contributed by atoms with E-state index in [0.717, 1.165) is 56.6 Å². The number of aromatic nitrogens is 2. The highest BCUT2D eigenvalue weighted by molar-refractivity contribution is 7.85. The van der Waals surface area contributed by atoms with Crippen LogP contribution in [0.3, 0.4) is 0 Å². The van der Waals surface area contributed by atoms with E-state index < -0.39 is 7.14 Å². The van der Waals surface area contributed by atoms with Crippen LogP contribution in [0.25, 0.3) is 72.4 Å². The molecule has 0 N–H and O–H groups in total. The van der Waals surface area contributed by atoms with E-state index in [1.165, 1.54) is 49.7 Å². The van der Waals surface area contributed by atoms with Gasteiger partial charge in [0.05, 0.1) is 16.6 Å². The molecule has 3 nitrogen and oxygen atoms in total. The van der Waals surface area contributed by atoms with Crippen LogP contribution in [-0.4, -0.2) is 9.13 Å². The van der Waals surface area contributed by atoms with Crippen molar-refractivity contribution >= 4 is 61.8 Å². The number of rotatable bonds is 7. The molecule has 1 aliphatic rings. The average Bonchev–Trinajstić information content (AvgIpc) is 3.82. The summed E-state index contributed by atoms with van der Waals surface area (Å²) in [5.41, 5.74) is 13.2. The van der Waals surface area contributed by atoms with Crippen LogP contribution in [0, 0.1) is 0 Å². The average molecular weight is 763 g/mol. The van der Waals surface area contributed by atoms with Crippen molar-refractivity contribution in [1.82, 2.24) is 9.13 Å². The quantitative estimate of drug-likeness (QED) is 0.149. The molecule has 10 aromatic rings. The van der Waals surface area contributed by atoms with Crippen LogP contribution in [0.1, 0.15) is 17.7 Å². The molecule has 4 heteroatoms. The molecule has 0 spiro atoms. The molecule has 11 rings (SSSR count). The highest BCUT2D eigenvalue weighted by Crippen LogP contribution is 2.44. The first-order valence-electron chi connectivity index (χ1n) is 20.0. The number of nitrogens with zero attached hydrogens (tertiary/aromatic N) is 2. The van der Waals surface area contributed by atoms with E-state index in [4.69, 9.17) is 0 Å². The van der Waals surface area contributed by atoms with Gasteiger partial charge in [0.1, 0.15) is 0 Å². The molecular weight excluding hydrogens is 724 g/mol. The van der Waals surface area contributed by atoms with Gasteiger partial charge in [-0.2, -0.15) is 0 Å². The number of benzene rings is 8. The topological polar surface area (TPSA) is 26.9 Å². The minimum atomic E-state index is -3.08. The van der Waals surface area contributed by atoms with Crippen LogP contribution in [0.4, 0.5) is 0 Å². The summed E-state index contributed by atoms with van der Waals surface area (Å²) in [5.74, 6) is 0. The Morgan fingerprint density at radius 1 is 0.431 bits per heavy atom. The van der Waals surface area contributed by atoms with E-state index in [-0.39, 0.29) is 0 Å². The Labute approximate surface area is 338 Å². The van der Waals surface area contributed by atoms with Gasteiger partial charge in [0, 0.05) is 54.7 Å². The van der Waals surface area contributed by atoms with Gasteiger partial charge in [0.25, 0.3) is 0 Å². The van der Waals surface area contributed by atoms with Crippen molar-refractivity contribution in [3.05, 3.63) is 218 Å². The van der Waals surface area contributed by atoms with Gasteiger partial charge in [-0.1, -0.05) is 164 Å². The van der Waals surface area contributed by atoms with Crippen LogP contribution in [0.2, 0.25) is 0 Å². The molecule has 0 saturated carbocycles. The molecule has 0 aliphatic heterocycles. The monoisotopic (exact) mass is 762 g/mol. The second kappa shape index (κ2) is 13.9. The van der Waals surface area contributed by atoms with E-state index in [2.05, 4.69) is 161 Å². The highest BCUT2D eigenvalue weighted by Gasteiger charge is 2.29. The molecule has 8 aromatic carbocycles. The van der Waals surface area contributed by atoms with Crippen molar-refractivity contribution in [2.24, 2.45) is 0 Å². The lowest BCUT2D eigenvalue weighted by Crippen LogP contribution is -2.24. The third kappa shape index (κ3) is 5.46. The van der Waals surface area contributed by atoms with Gasteiger partial charge in [-0.25, -0.2) is 0 Å². The van der Waals surface area contributed by atoms with Gasteiger partial charge in [0.15, 0.2) is 7.14 Å². The lowest BCUT2D eigenvalue weighted by Gasteiger charge is -2.20. The second-order valence-corrected chi connectivity index (χ2v) is 17.9. The fourth-order valence-electron chi connectivity index (χ4n) is 9.21. The normalized spacial score (nSPS) is 12.7. The molecule has 0 bridgehead atoms. The van der Waals surface area contributed by atoms with Crippen LogP contribution in [0.5, 0.6) is 0 Å². The first-order chi connectivity index (χ1) is 28.7. The smallest absolute Gasteiger partial charge is 0.171 e. The Balaban J connectivity index is 1.02. The lowest BCUT2D eigenvalue weighted by atomic mass is 9.98. The standard InChI is InChI=1S/C54H39N2OP/c57-58(43-20-6-2-7-21-43,44-22-8-3-9-23-44)45-33-30-38(31-34-45)46-26-15-29-53-54(46)48-25-11-13-28-51(48)56(53)42-19-14-16-39(36-42)40-32-35-52-49(37-40)47-24-10-12-27-50(47)55(52)41-17-4-1-5-18-41/h1-11,13-26,28-37H,12,27H2. The number of allylic oxidation sites excluding steroid dienone is 1. The Hall–Kier alpha value is -6.93. The second-order valence-electron chi connectivity index (χ2n) is 15.1. The highest BCUT2D eigenvalue weighted by atomic mass is 31.2. The molecule has 2 heterocycles. The summed E-state index contributed by atoms with van der Waals surface area (Å²) >= 11 is 0. The van der Waals surface area contributed by atoms with Crippen LogP contribution in [0.15, 0.2) is 206 Å². The molecule has 2 aromatic heterocycles. The largest absolute Gasteiger partial charge is 0.313 e. The Kier molecular flexibility index (Phi) is 8.24. The molecule has 276 valence electrons. The zero-order valence-electron chi connectivity index (χ0n) is 31.9. The first-order valence-corrected chi connectivity index (χ1v) is 21.7. The molecule has 58 heavy (non-hydrogen) atoms. The predicted octanol–water partition coefficient (Wildman–Crippen LogP) is 12.7. The Bertz CT molecular complexity index is 3190. The minimum absolute atomic E-state index is 0.825. The van der Waals surface area contributed by atoms with Gasteiger partial charge in [-0.15, -0.1) is 0 Å². The number of hydrogen-bond donors (Lipinski definition) is 0. The van der Waals surface area contributed by atoms with Crippen LogP contribution in [-0.2, 0) is 11.0 Å². The summed E-state index contributed by atoms with van der Waals surface area (Å²) < 4.78 is 20.0. The molecular formula is C54H39N2OP. The first kappa shape index (κ1) is 34.3. The third-order valence-corrected chi connectivity index (χ3v) is 14.9. The van der Waals surface area contributed by atoms with Gasteiger partial charge < -0.3 is 13.7 Å². The fourth-order valence-corrected chi connectivity index (χ4v) is 11.9. The molecule has 0 unspecified atom stereocenters. The van der Waals surface area contributed by atoms with Crippen LogP contribution >= 0.6 is 7.14 Å². The van der Waals surface area contributed by atoms with E-state index in [0.29, 0.717) is 0 Å². The molecule has 0 atom stereocenters. The number of hydrogen-bond acceptors (Lipinski definition) is 1. The van der Waals surface area contributed by atoms with E-state index in [1.807, 2.05) is 60.7 Å².